The number of rotatable bonds is 4. The minimum Gasteiger partial charge on any atom is -0.490 e. The van der Waals surface area contributed by atoms with Crippen LogP contribution in [0.3, 0.4) is 0 Å². The first-order chi connectivity index (χ1) is 10.0. The quantitative estimate of drug-likeness (QED) is 0.688. The molecule has 7 nitrogen and oxygen atoms in total. The number of carbonyl (C=O) groups is 1. The molecular formula is C14H13N3O4. The number of hydrogen-bond donors (Lipinski definition) is 1. The lowest BCUT2D eigenvalue weighted by Gasteiger charge is -2.06. The lowest BCUT2D eigenvalue weighted by atomic mass is 10.1. The molecule has 21 heavy (non-hydrogen) atoms. The number of ether oxygens (including phenoxy) is 1. The first-order valence-corrected chi connectivity index (χ1v) is 6.07. The zero-order valence-corrected chi connectivity index (χ0v) is 11.5. The highest BCUT2D eigenvalue weighted by atomic mass is 16.6. The molecule has 0 saturated heterocycles. The molecule has 2 aromatic rings. The number of benzene rings is 1. The second kappa shape index (κ2) is 6.00. The highest BCUT2D eigenvalue weighted by Crippen LogP contribution is 2.27. The van der Waals surface area contributed by atoms with E-state index in [1.807, 2.05) is 6.92 Å². The number of nitrogens with one attached hydrogen (secondary N) is 1. The Labute approximate surface area is 120 Å². The molecule has 2 rings (SSSR count). The smallest absolute Gasteiger partial charge is 0.311 e. The lowest BCUT2D eigenvalue weighted by molar-refractivity contribution is -0.385. The van der Waals surface area contributed by atoms with Gasteiger partial charge in [0.25, 0.3) is 5.91 Å². The van der Waals surface area contributed by atoms with Crippen LogP contribution in [-0.2, 0) is 0 Å². The van der Waals surface area contributed by atoms with Crippen molar-refractivity contribution in [2.75, 3.05) is 12.4 Å². The van der Waals surface area contributed by atoms with Gasteiger partial charge in [0.1, 0.15) is 5.82 Å². The number of nitrogens with zero attached hydrogens (tertiary/aromatic N) is 2. The molecule has 108 valence electrons. The summed E-state index contributed by atoms with van der Waals surface area (Å²) in [5.41, 5.74) is 0.842. The molecule has 7 heteroatoms. The van der Waals surface area contributed by atoms with E-state index in [-0.39, 0.29) is 17.0 Å². The number of nitro benzene ring substituents is 1. The van der Waals surface area contributed by atoms with Gasteiger partial charge in [-0.2, -0.15) is 0 Å². The summed E-state index contributed by atoms with van der Waals surface area (Å²) in [5.74, 6) is 0.0163. The van der Waals surface area contributed by atoms with Crippen molar-refractivity contribution in [1.82, 2.24) is 4.98 Å². The van der Waals surface area contributed by atoms with Gasteiger partial charge in [0, 0.05) is 17.8 Å². The maximum absolute atomic E-state index is 12.1. The van der Waals surface area contributed by atoms with Gasteiger partial charge in [0.05, 0.1) is 12.0 Å². The summed E-state index contributed by atoms with van der Waals surface area (Å²) in [7, 11) is 1.33. The summed E-state index contributed by atoms with van der Waals surface area (Å²) in [6.45, 7) is 1.87. The molecule has 0 fully saturated rings. The molecule has 0 saturated carbocycles. The van der Waals surface area contributed by atoms with Gasteiger partial charge in [0.2, 0.25) is 0 Å². The second-order valence-corrected chi connectivity index (χ2v) is 4.32. The van der Waals surface area contributed by atoms with Gasteiger partial charge in [-0.3, -0.25) is 14.9 Å². The van der Waals surface area contributed by atoms with Gasteiger partial charge in [-0.1, -0.05) is 0 Å². The van der Waals surface area contributed by atoms with Crippen molar-refractivity contribution in [1.29, 1.82) is 0 Å². The van der Waals surface area contributed by atoms with E-state index in [0.29, 0.717) is 5.82 Å². The van der Waals surface area contributed by atoms with Crippen LogP contribution in [0.4, 0.5) is 11.5 Å². The Kier molecular flexibility index (Phi) is 4.13. The maximum atomic E-state index is 12.1. The van der Waals surface area contributed by atoms with E-state index in [0.717, 1.165) is 5.56 Å². The number of carbonyl (C=O) groups excluding carboxylic acids is 1. The highest BCUT2D eigenvalue weighted by Gasteiger charge is 2.18. The molecular weight excluding hydrogens is 274 g/mol. The van der Waals surface area contributed by atoms with Crippen molar-refractivity contribution >= 4 is 17.4 Å². The Bertz CT molecular complexity index is 700. The molecule has 1 amide bonds. The minimum absolute atomic E-state index is 0.102. The van der Waals surface area contributed by atoms with Gasteiger partial charge in [0.15, 0.2) is 5.75 Å². The standard InChI is InChI=1S/C14H13N3O4/c1-9-5-6-15-13(7-9)16-14(18)10-3-4-12(21-2)11(8-10)17(19)20/h3-8H,1-2H3,(H,15,16,18). The zero-order valence-electron chi connectivity index (χ0n) is 11.5. The third kappa shape index (κ3) is 3.33. The van der Waals surface area contributed by atoms with E-state index in [1.54, 1.807) is 18.3 Å². The molecule has 1 aromatic heterocycles. The highest BCUT2D eigenvalue weighted by molar-refractivity contribution is 6.04. The summed E-state index contributed by atoms with van der Waals surface area (Å²) >= 11 is 0. The number of methoxy groups -OCH3 is 1. The van der Waals surface area contributed by atoms with Crippen LogP contribution in [0.5, 0.6) is 5.75 Å². The fourth-order valence-electron chi connectivity index (χ4n) is 1.77. The van der Waals surface area contributed by atoms with Crippen LogP contribution in [0.25, 0.3) is 0 Å². The fourth-order valence-corrected chi connectivity index (χ4v) is 1.77. The molecule has 0 radical (unpaired) electrons. The molecule has 0 spiro atoms. The van der Waals surface area contributed by atoms with Crippen molar-refractivity contribution in [2.45, 2.75) is 6.92 Å². The van der Waals surface area contributed by atoms with Gasteiger partial charge >= 0.3 is 5.69 Å². The molecule has 0 atom stereocenters. The van der Waals surface area contributed by atoms with Crippen molar-refractivity contribution in [2.24, 2.45) is 0 Å². The van der Waals surface area contributed by atoms with Crippen LogP contribution >= 0.6 is 0 Å². The Morgan fingerprint density at radius 2 is 2.10 bits per heavy atom. The zero-order chi connectivity index (χ0) is 15.4. The molecule has 1 aromatic carbocycles. The first kappa shape index (κ1) is 14.4. The van der Waals surface area contributed by atoms with E-state index in [4.69, 9.17) is 4.74 Å². The number of nitro groups is 1. The predicted molar refractivity (Wildman–Crippen MR) is 76.6 cm³/mol. The molecule has 0 aliphatic heterocycles. The maximum Gasteiger partial charge on any atom is 0.311 e. The Hall–Kier alpha value is -2.96. The van der Waals surface area contributed by atoms with Crippen LogP contribution in [0.15, 0.2) is 36.5 Å². The van der Waals surface area contributed by atoms with Gasteiger partial charge in [-0.15, -0.1) is 0 Å². The van der Waals surface area contributed by atoms with Crippen LogP contribution in [0, 0.1) is 17.0 Å². The van der Waals surface area contributed by atoms with Crippen molar-refractivity contribution < 1.29 is 14.5 Å². The molecule has 0 aliphatic rings. The van der Waals surface area contributed by atoms with Crippen LogP contribution in [0.2, 0.25) is 0 Å². The molecule has 1 heterocycles. The average molecular weight is 287 g/mol. The van der Waals surface area contributed by atoms with Crippen LogP contribution in [-0.4, -0.2) is 22.9 Å². The summed E-state index contributed by atoms with van der Waals surface area (Å²) < 4.78 is 4.89. The topological polar surface area (TPSA) is 94.4 Å². The predicted octanol–water partition coefficient (Wildman–Crippen LogP) is 2.56. The van der Waals surface area contributed by atoms with Crippen molar-refractivity contribution in [3.63, 3.8) is 0 Å². The third-order valence-electron chi connectivity index (χ3n) is 2.79. The molecule has 1 N–H and O–H groups in total. The SMILES string of the molecule is COc1ccc(C(=O)Nc2cc(C)ccn2)cc1[N+](=O)[O-]. The summed E-state index contributed by atoms with van der Waals surface area (Å²) in [6, 6.07) is 7.52. The second-order valence-electron chi connectivity index (χ2n) is 4.32. The number of aryl methyl sites for hydroxylation is 1. The minimum atomic E-state index is -0.597. The largest absolute Gasteiger partial charge is 0.490 e. The van der Waals surface area contributed by atoms with Crippen LogP contribution < -0.4 is 10.1 Å². The molecule has 0 aliphatic carbocycles. The van der Waals surface area contributed by atoms with Crippen molar-refractivity contribution in [3.8, 4) is 5.75 Å². The first-order valence-electron chi connectivity index (χ1n) is 6.07. The van der Waals surface area contributed by atoms with Gasteiger partial charge in [-0.25, -0.2) is 4.98 Å². The van der Waals surface area contributed by atoms with E-state index in [2.05, 4.69) is 10.3 Å². The monoisotopic (exact) mass is 287 g/mol. The number of aromatic nitrogens is 1. The van der Waals surface area contributed by atoms with E-state index < -0.39 is 10.8 Å². The van der Waals surface area contributed by atoms with Gasteiger partial charge < -0.3 is 10.1 Å². The van der Waals surface area contributed by atoms with Gasteiger partial charge in [-0.05, 0) is 36.8 Å². The Balaban J connectivity index is 2.27. The summed E-state index contributed by atoms with van der Waals surface area (Å²) in [6.07, 6.45) is 1.57. The average Bonchev–Trinajstić information content (AvgIpc) is 2.46. The number of anilines is 1. The normalized spacial score (nSPS) is 10.0. The van der Waals surface area contributed by atoms with Crippen molar-refractivity contribution in [3.05, 3.63) is 57.8 Å². The van der Waals surface area contributed by atoms with E-state index in [9.17, 15) is 14.9 Å². The Morgan fingerprint density at radius 1 is 1.33 bits per heavy atom. The number of hydrogen-bond acceptors (Lipinski definition) is 5. The fraction of sp³-hybridized carbons (Fsp3) is 0.143. The summed E-state index contributed by atoms with van der Waals surface area (Å²) in [5, 5.41) is 13.5. The summed E-state index contributed by atoms with van der Waals surface area (Å²) in [4.78, 5) is 26.4. The third-order valence-corrected chi connectivity index (χ3v) is 2.79. The van der Waals surface area contributed by atoms with E-state index >= 15 is 0 Å². The number of pyridine rings is 1. The van der Waals surface area contributed by atoms with E-state index in [1.165, 1.54) is 25.3 Å². The Morgan fingerprint density at radius 3 is 2.71 bits per heavy atom. The molecule has 0 bridgehead atoms. The lowest BCUT2D eigenvalue weighted by Crippen LogP contribution is -2.13. The molecule has 0 unspecified atom stereocenters. The number of amides is 1. The van der Waals surface area contributed by atoms with Crippen LogP contribution in [0.1, 0.15) is 15.9 Å².